The second kappa shape index (κ2) is 7.15. The van der Waals surface area contributed by atoms with Crippen LogP contribution < -0.4 is 0 Å². The molecule has 0 aliphatic heterocycles. The van der Waals surface area contributed by atoms with Gasteiger partial charge in [0.2, 0.25) is 0 Å². The third-order valence-corrected chi connectivity index (χ3v) is 2.08. The highest BCUT2D eigenvalue weighted by molar-refractivity contribution is 5.86. The number of hydrogen-bond acceptors (Lipinski definition) is 4. The molecule has 0 aliphatic rings. The highest BCUT2D eigenvalue weighted by atomic mass is 16.5. The third kappa shape index (κ3) is 5.99. The normalized spacial score (nSPS) is 14.1. The molecule has 0 fully saturated rings. The Morgan fingerprint density at radius 1 is 1.27 bits per heavy atom. The maximum absolute atomic E-state index is 11.5. The number of hydrogen-bond donors (Lipinski definition) is 0. The van der Waals surface area contributed by atoms with E-state index in [1.165, 1.54) is 0 Å². The average Bonchev–Trinajstić information content (AvgIpc) is 2.17. The van der Waals surface area contributed by atoms with Gasteiger partial charge in [0.25, 0.3) is 0 Å². The minimum atomic E-state index is -0.369. The summed E-state index contributed by atoms with van der Waals surface area (Å²) >= 11 is 0. The maximum atomic E-state index is 11.5. The quantitative estimate of drug-likeness (QED) is 0.474. The van der Waals surface area contributed by atoms with Crippen LogP contribution in [0.5, 0.6) is 0 Å². The molecular formula is C11H18O4. The highest BCUT2D eigenvalue weighted by Gasteiger charge is 2.19. The van der Waals surface area contributed by atoms with Gasteiger partial charge in [-0.2, -0.15) is 0 Å². The zero-order valence-electron chi connectivity index (χ0n) is 9.49. The largest absolute Gasteiger partial charge is 0.466 e. The molecule has 0 aromatic rings. The molecule has 0 saturated heterocycles. The molecule has 4 nitrogen and oxygen atoms in total. The van der Waals surface area contributed by atoms with Crippen molar-refractivity contribution in [2.24, 2.45) is 11.8 Å². The highest BCUT2D eigenvalue weighted by Crippen LogP contribution is 2.11. The number of esters is 1. The lowest BCUT2D eigenvalue weighted by Gasteiger charge is -2.10. The molecule has 0 saturated carbocycles. The summed E-state index contributed by atoms with van der Waals surface area (Å²) in [6.07, 6.45) is 1.04. The predicted octanol–water partition coefficient (Wildman–Crippen LogP) is 1.37. The molecule has 86 valence electrons. The summed E-state index contributed by atoms with van der Waals surface area (Å²) in [4.78, 5) is 32.9. The molecule has 0 bridgehead atoms. The lowest BCUT2D eigenvalue weighted by Crippen LogP contribution is -2.19. The fourth-order valence-corrected chi connectivity index (χ4v) is 1.15. The zero-order valence-corrected chi connectivity index (χ0v) is 9.49. The van der Waals surface area contributed by atoms with Gasteiger partial charge in [-0.3, -0.25) is 9.59 Å². The van der Waals surface area contributed by atoms with E-state index < -0.39 is 0 Å². The topological polar surface area (TPSA) is 60.4 Å². The van der Waals surface area contributed by atoms with Crippen LogP contribution in [0, 0.1) is 11.8 Å². The number of ketones is 1. The van der Waals surface area contributed by atoms with Crippen LogP contribution in [0.1, 0.15) is 33.6 Å². The lowest BCUT2D eigenvalue weighted by molar-refractivity contribution is -0.146. The molecule has 0 aliphatic carbocycles. The van der Waals surface area contributed by atoms with Gasteiger partial charge in [-0.15, -0.1) is 0 Å². The summed E-state index contributed by atoms with van der Waals surface area (Å²) in [6, 6.07) is 0. The van der Waals surface area contributed by atoms with E-state index in [0.29, 0.717) is 6.61 Å². The third-order valence-electron chi connectivity index (χ3n) is 2.08. The van der Waals surface area contributed by atoms with Crippen LogP contribution >= 0.6 is 0 Å². The molecule has 0 spiro atoms. The van der Waals surface area contributed by atoms with Crippen molar-refractivity contribution in [1.29, 1.82) is 0 Å². The van der Waals surface area contributed by atoms with E-state index in [1.807, 2.05) is 0 Å². The fourth-order valence-electron chi connectivity index (χ4n) is 1.15. The van der Waals surface area contributed by atoms with Gasteiger partial charge in [-0.1, -0.05) is 13.8 Å². The van der Waals surface area contributed by atoms with E-state index in [-0.39, 0.29) is 36.4 Å². The van der Waals surface area contributed by atoms with Crippen LogP contribution in [-0.4, -0.2) is 24.6 Å². The van der Waals surface area contributed by atoms with E-state index in [4.69, 9.17) is 4.74 Å². The molecule has 0 aromatic heterocycles. The molecule has 2 unspecified atom stereocenters. The molecule has 0 amide bonds. The van der Waals surface area contributed by atoms with Gasteiger partial charge < -0.3 is 9.53 Å². The van der Waals surface area contributed by atoms with E-state index in [2.05, 4.69) is 0 Å². The first-order valence-corrected chi connectivity index (χ1v) is 5.14. The number of carbonyl (C=O) groups is 3. The van der Waals surface area contributed by atoms with Crippen LogP contribution in [0.25, 0.3) is 0 Å². The Balaban J connectivity index is 3.98. The maximum Gasteiger partial charge on any atom is 0.306 e. The fraction of sp³-hybridized carbons (Fsp3) is 0.727. The Hall–Kier alpha value is -1.19. The molecule has 0 N–H and O–H groups in total. The Morgan fingerprint density at radius 3 is 2.33 bits per heavy atom. The summed E-state index contributed by atoms with van der Waals surface area (Å²) in [5, 5.41) is 0. The minimum Gasteiger partial charge on any atom is -0.466 e. The second-order valence-electron chi connectivity index (χ2n) is 3.69. The monoisotopic (exact) mass is 214 g/mol. The molecule has 0 rings (SSSR count). The molecular weight excluding hydrogens is 196 g/mol. The molecule has 4 heteroatoms. The van der Waals surface area contributed by atoms with Gasteiger partial charge in [0, 0.05) is 18.3 Å². The van der Waals surface area contributed by atoms with E-state index >= 15 is 0 Å². The van der Waals surface area contributed by atoms with E-state index in [0.717, 1.165) is 6.29 Å². The summed E-state index contributed by atoms with van der Waals surface area (Å²) in [5.74, 6) is -1.08. The van der Waals surface area contributed by atoms with Crippen molar-refractivity contribution in [3.8, 4) is 0 Å². The van der Waals surface area contributed by atoms with Gasteiger partial charge in [-0.25, -0.2) is 0 Å². The first kappa shape index (κ1) is 13.8. The number of carbonyl (C=O) groups excluding carboxylic acids is 3. The molecule has 0 aromatic carbocycles. The van der Waals surface area contributed by atoms with Crippen LogP contribution in [0.3, 0.4) is 0 Å². The number of rotatable bonds is 7. The van der Waals surface area contributed by atoms with Gasteiger partial charge in [0.15, 0.2) is 0 Å². The number of aldehydes is 1. The van der Waals surface area contributed by atoms with Crippen LogP contribution in [0.15, 0.2) is 0 Å². The SMILES string of the molecule is CCOC(=O)CC(C)C(=O)CC(C)C=O. The van der Waals surface area contributed by atoms with Crippen molar-refractivity contribution in [3.05, 3.63) is 0 Å². The molecule has 2 atom stereocenters. The first-order valence-electron chi connectivity index (χ1n) is 5.14. The minimum absolute atomic E-state index is 0.0670. The number of Topliss-reactive ketones (excluding diaryl/α,β-unsaturated/α-hetero) is 1. The van der Waals surface area contributed by atoms with Crippen molar-refractivity contribution < 1.29 is 19.1 Å². The summed E-state index contributed by atoms with van der Waals surface area (Å²) in [6.45, 7) is 5.40. The smallest absolute Gasteiger partial charge is 0.306 e. The van der Waals surface area contributed by atoms with Crippen LogP contribution in [-0.2, 0) is 19.1 Å². The van der Waals surface area contributed by atoms with E-state index in [9.17, 15) is 14.4 Å². The summed E-state index contributed by atoms with van der Waals surface area (Å²) in [7, 11) is 0. The summed E-state index contributed by atoms with van der Waals surface area (Å²) in [5.41, 5.74) is 0. The van der Waals surface area contributed by atoms with Crippen LogP contribution in [0.4, 0.5) is 0 Å². The second-order valence-corrected chi connectivity index (χ2v) is 3.69. The van der Waals surface area contributed by atoms with Crippen molar-refractivity contribution in [2.75, 3.05) is 6.61 Å². The zero-order chi connectivity index (χ0) is 11.8. The molecule has 0 heterocycles. The Morgan fingerprint density at radius 2 is 1.87 bits per heavy atom. The van der Waals surface area contributed by atoms with Gasteiger partial charge in [-0.05, 0) is 6.92 Å². The van der Waals surface area contributed by atoms with Gasteiger partial charge in [0.1, 0.15) is 12.1 Å². The lowest BCUT2D eigenvalue weighted by atomic mass is 9.95. The molecule has 0 radical (unpaired) electrons. The first-order chi connectivity index (χ1) is 7.01. The van der Waals surface area contributed by atoms with Crippen molar-refractivity contribution in [1.82, 2.24) is 0 Å². The molecule has 15 heavy (non-hydrogen) atoms. The Labute approximate surface area is 90.0 Å². The average molecular weight is 214 g/mol. The van der Waals surface area contributed by atoms with Crippen molar-refractivity contribution in [3.63, 3.8) is 0 Å². The predicted molar refractivity (Wildman–Crippen MR) is 55.3 cm³/mol. The van der Waals surface area contributed by atoms with Gasteiger partial charge >= 0.3 is 5.97 Å². The van der Waals surface area contributed by atoms with E-state index in [1.54, 1.807) is 20.8 Å². The Kier molecular flexibility index (Phi) is 6.58. The van der Waals surface area contributed by atoms with Crippen LogP contribution in [0.2, 0.25) is 0 Å². The summed E-state index contributed by atoms with van der Waals surface area (Å²) < 4.78 is 4.73. The van der Waals surface area contributed by atoms with Gasteiger partial charge in [0.05, 0.1) is 13.0 Å². The Bertz CT molecular complexity index is 235. The van der Waals surface area contributed by atoms with Crippen molar-refractivity contribution in [2.45, 2.75) is 33.6 Å². The van der Waals surface area contributed by atoms with Crippen molar-refractivity contribution >= 4 is 18.0 Å². The number of ether oxygens (including phenoxy) is 1. The standard InChI is InChI=1S/C11H18O4/c1-4-15-11(14)6-9(3)10(13)5-8(2)7-12/h7-9H,4-6H2,1-3H3.